The van der Waals surface area contributed by atoms with Crippen molar-refractivity contribution in [1.82, 2.24) is 14.9 Å². The Morgan fingerprint density at radius 2 is 2.21 bits per heavy atom. The van der Waals surface area contributed by atoms with Crippen LogP contribution in [-0.2, 0) is 11.2 Å². The quantitative estimate of drug-likeness (QED) is 0.810. The number of fused-ring (bicyclic) bond motifs is 1. The summed E-state index contributed by atoms with van der Waals surface area (Å²) in [6, 6.07) is 2.04. The van der Waals surface area contributed by atoms with Gasteiger partial charge in [0.05, 0.1) is 11.2 Å². The third kappa shape index (κ3) is 3.89. The minimum Gasteiger partial charge on any atom is -0.387 e. The van der Waals surface area contributed by atoms with Crippen LogP contribution in [0.3, 0.4) is 0 Å². The standard InChI is InChI=1S/C21H23N5OS/c1-21(2)9-16-7-14(10-23-19(16)25-20(21)22)3-4-18(27)26-6-5-15(11-26)8-17-12-28-13-24-17/h3-4,7-8,10,12-13H,5-6,9,11H2,1-2H3,(H2,22,23,25)/b4-3+,15-8+. The zero-order valence-corrected chi connectivity index (χ0v) is 16.9. The Kier molecular flexibility index (Phi) is 4.85. The van der Waals surface area contributed by atoms with Gasteiger partial charge in [0, 0.05) is 36.2 Å². The number of likely N-dealkylation sites (tertiary alicyclic amines) is 1. The number of aliphatic imine (C=N–C) groups is 1. The van der Waals surface area contributed by atoms with Crippen molar-refractivity contribution in [2.45, 2.75) is 26.7 Å². The molecule has 0 saturated carbocycles. The molecule has 4 rings (SSSR count). The molecule has 4 heterocycles. The van der Waals surface area contributed by atoms with Crippen LogP contribution >= 0.6 is 11.3 Å². The lowest BCUT2D eigenvalue weighted by molar-refractivity contribution is -0.124. The fourth-order valence-electron chi connectivity index (χ4n) is 3.44. The van der Waals surface area contributed by atoms with Crippen molar-refractivity contribution in [3.8, 4) is 0 Å². The number of nitrogens with zero attached hydrogens (tertiary/aromatic N) is 4. The van der Waals surface area contributed by atoms with Gasteiger partial charge in [-0.1, -0.05) is 13.8 Å². The van der Waals surface area contributed by atoms with Crippen LogP contribution < -0.4 is 5.73 Å². The van der Waals surface area contributed by atoms with Gasteiger partial charge in [-0.3, -0.25) is 4.79 Å². The van der Waals surface area contributed by atoms with E-state index in [0.717, 1.165) is 36.2 Å². The van der Waals surface area contributed by atoms with Crippen molar-refractivity contribution in [3.05, 3.63) is 51.6 Å². The van der Waals surface area contributed by atoms with Crippen LogP contribution in [0.5, 0.6) is 0 Å². The number of nitrogens with two attached hydrogens (primary N) is 1. The Labute approximate surface area is 168 Å². The van der Waals surface area contributed by atoms with E-state index in [4.69, 9.17) is 5.73 Å². The van der Waals surface area contributed by atoms with Gasteiger partial charge in [-0.25, -0.2) is 15.0 Å². The normalized spacial score (nSPS) is 19.9. The lowest BCUT2D eigenvalue weighted by Crippen LogP contribution is -2.35. The topological polar surface area (TPSA) is 84.5 Å². The van der Waals surface area contributed by atoms with Gasteiger partial charge in [-0.05, 0) is 47.8 Å². The molecule has 2 aliphatic rings. The van der Waals surface area contributed by atoms with Gasteiger partial charge in [-0.15, -0.1) is 11.3 Å². The molecular formula is C21H23N5OS. The number of pyridine rings is 1. The Bertz CT molecular complexity index is 988. The molecule has 2 aromatic rings. The number of amidine groups is 1. The average molecular weight is 394 g/mol. The molecule has 2 N–H and O–H groups in total. The lowest BCUT2D eigenvalue weighted by Gasteiger charge is -2.28. The summed E-state index contributed by atoms with van der Waals surface area (Å²) in [7, 11) is 0. The van der Waals surface area contributed by atoms with Crippen molar-refractivity contribution in [2.75, 3.05) is 13.1 Å². The molecule has 144 valence electrons. The molecule has 1 fully saturated rings. The highest BCUT2D eigenvalue weighted by Gasteiger charge is 2.29. The van der Waals surface area contributed by atoms with Gasteiger partial charge in [0.2, 0.25) is 5.91 Å². The van der Waals surface area contributed by atoms with E-state index in [2.05, 4.69) is 34.9 Å². The summed E-state index contributed by atoms with van der Waals surface area (Å²) in [5.41, 5.74) is 11.8. The number of hydrogen-bond donors (Lipinski definition) is 1. The third-order valence-electron chi connectivity index (χ3n) is 5.15. The summed E-state index contributed by atoms with van der Waals surface area (Å²) < 4.78 is 0. The van der Waals surface area contributed by atoms with Gasteiger partial charge in [-0.2, -0.15) is 0 Å². The van der Waals surface area contributed by atoms with E-state index in [1.165, 1.54) is 5.57 Å². The second-order valence-corrected chi connectivity index (χ2v) is 8.59. The number of carbonyl (C=O) groups is 1. The van der Waals surface area contributed by atoms with Crippen molar-refractivity contribution in [2.24, 2.45) is 16.1 Å². The molecule has 2 aliphatic heterocycles. The Hall–Kier alpha value is -2.80. The van der Waals surface area contributed by atoms with Crippen LogP contribution in [0, 0.1) is 5.41 Å². The van der Waals surface area contributed by atoms with Crippen LogP contribution in [0.2, 0.25) is 0 Å². The van der Waals surface area contributed by atoms with Crippen molar-refractivity contribution < 1.29 is 4.79 Å². The second-order valence-electron chi connectivity index (χ2n) is 7.87. The van der Waals surface area contributed by atoms with E-state index in [1.54, 1.807) is 23.6 Å². The van der Waals surface area contributed by atoms with Gasteiger partial charge in [0.25, 0.3) is 0 Å². The summed E-state index contributed by atoms with van der Waals surface area (Å²) in [5, 5.41) is 2.01. The number of carbonyl (C=O) groups excluding carboxylic acids is 1. The molecule has 0 spiro atoms. The number of hydrogen-bond acceptors (Lipinski definition) is 6. The molecule has 0 atom stereocenters. The predicted octanol–water partition coefficient (Wildman–Crippen LogP) is 3.44. The average Bonchev–Trinajstić information content (AvgIpc) is 3.33. The molecule has 0 radical (unpaired) electrons. The van der Waals surface area contributed by atoms with E-state index >= 15 is 0 Å². The predicted molar refractivity (Wildman–Crippen MR) is 113 cm³/mol. The molecule has 0 aliphatic carbocycles. The van der Waals surface area contributed by atoms with Gasteiger partial charge in [0.15, 0.2) is 5.82 Å². The summed E-state index contributed by atoms with van der Waals surface area (Å²) in [6.45, 7) is 5.55. The van der Waals surface area contributed by atoms with E-state index in [9.17, 15) is 4.79 Å². The first-order valence-electron chi connectivity index (χ1n) is 9.29. The summed E-state index contributed by atoms with van der Waals surface area (Å²) in [5.74, 6) is 1.31. The minimum atomic E-state index is -0.178. The molecule has 28 heavy (non-hydrogen) atoms. The smallest absolute Gasteiger partial charge is 0.246 e. The Morgan fingerprint density at radius 3 is 3.00 bits per heavy atom. The SMILES string of the molecule is CC1(C)Cc2cc(/C=C/C(=O)N3CC/C(=C\c4cscn4)C3)cnc2N=C1N. The highest BCUT2D eigenvalue weighted by Crippen LogP contribution is 2.33. The van der Waals surface area contributed by atoms with E-state index in [-0.39, 0.29) is 11.3 Å². The number of aromatic nitrogens is 2. The number of amides is 1. The van der Waals surface area contributed by atoms with Crippen molar-refractivity contribution >= 4 is 41.0 Å². The Morgan fingerprint density at radius 1 is 1.36 bits per heavy atom. The molecule has 2 aromatic heterocycles. The zero-order chi connectivity index (χ0) is 19.7. The highest BCUT2D eigenvalue weighted by molar-refractivity contribution is 7.07. The van der Waals surface area contributed by atoms with Crippen LogP contribution in [0.15, 0.2) is 39.8 Å². The van der Waals surface area contributed by atoms with Crippen LogP contribution in [-0.4, -0.2) is 39.7 Å². The minimum absolute atomic E-state index is 0.0157. The molecule has 7 heteroatoms. The summed E-state index contributed by atoms with van der Waals surface area (Å²) >= 11 is 1.58. The van der Waals surface area contributed by atoms with Crippen LogP contribution in [0.1, 0.15) is 37.1 Å². The third-order valence-corrected chi connectivity index (χ3v) is 5.75. The van der Waals surface area contributed by atoms with Gasteiger partial charge in [0.1, 0.15) is 5.84 Å². The van der Waals surface area contributed by atoms with Gasteiger partial charge >= 0.3 is 0 Å². The van der Waals surface area contributed by atoms with Crippen LogP contribution in [0.25, 0.3) is 12.2 Å². The maximum atomic E-state index is 12.5. The first-order chi connectivity index (χ1) is 13.4. The monoisotopic (exact) mass is 393 g/mol. The van der Waals surface area contributed by atoms with E-state index in [0.29, 0.717) is 18.2 Å². The Balaban J connectivity index is 1.43. The summed E-state index contributed by atoms with van der Waals surface area (Å²) in [4.78, 5) is 27.5. The first-order valence-corrected chi connectivity index (χ1v) is 10.2. The number of rotatable bonds is 3. The van der Waals surface area contributed by atoms with E-state index < -0.39 is 0 Å². The molecule has 6 nitrogen and oxygen atoms in total. The number of thiazole rings is 1. The first kappa shape index (κ1) is 18.6. The maximum Gasteiger partial charge on any atom is 0.246 e. The largest absolute Gasteiger partial charge is 0.387 e. The molecule has 0 bridgehead atoms. The zero-order valence-electron chi connectivity index (χ0n) is 16.1. The maximum absolute atomic E-state index is 12.5. The van der Waals surface area contributed by atoms with Crippen molar-refractivity contribution in [1.29, 1.82) is 0 Å². The highest BCUT2D eigenvalue weighted by atomic mass is 32.1. The summed E-state index contributed by atoms with van der Waals surface area (Å²) in [6.07, 6.45) is 8.94. The fourth-order valence-corrected chi connectivity index (χ4v) is 3.95. The molecule has 0 aromatic carbocycles. The van der Waals surface area contributed by atoms with Crippen LogP contribution in [0.4, 0.5) is 5.82 Å². The molecule has 1 saturated heterocycles. The molecule has 1 amide bonds. The second kappa shape index (κ2) is 7.31. The van der Waals surface area contributed by atoms with Crippen molar-refractivity contribution in [3.63, 3.8) is 0 Å². The molecule has 0 unspecified atom stereocenters. The van der Waals surface area contributed by atoms with Gasteiger partial charge < -0.3 is 10.6 Å². The molecular weight excluding hydrogens is 370 g/mol. The fraction of sp³-hybridized carbons (Fsp3) is 0.333. The van der Waals surface area contributed by atoms with E-state index in [1.807, 2.05) is 27.9 Å². The lowest BCUT2D eigenvalue weighted by atomic mass is 9.82.